The van der Waals surface area contributed by atoms with Crippen molar-refractivity contribution in [2.45, 2.75) is 55.9 Å². The molecule has 1 N–H and O–H groups in total. The van der Waals surface area contributed by atoms with Crippen molar-refractivity contribution in [2.75, 3.05) is 7.05 Å². The molecule has 0 bridgehead atoms. The van der Waals surface area contributed by atoms with Crippen molar-refractivity contribution in [1.82, 2.24) is 4.72 Å². The number of oxime groups is 1. The minimum absolute atomic E-state index is 0.218. The van der Waals surface area contributed by atoms with Gasteiger partial charge in [-0.25, -0.2) is 13.1 Å². The third-order valence-electron chi connectivity index (χ3n) is 4.91. The Morgan fingerprint density at radius 2 is 2.04 bits per heavy atom. The first-order chi connectivity index (χ1) is 11.5. The zero-order chi connectivity index (χ0) is 17.2. The molecule has 1 atom stereocenters. The Morgan fingerprint density at radius 1 is 1.29 bits per heavy atom. The summed E-state index contributed by atoms with van der Waals surface area (Å²) in [6.07, 6.45) is 7.82. The summed E-state index contributed by atoms with van der Waals surface area (Å²) in [7, 11) is -2.04. The number of hydrogen-bond acceptors (Lipinski definition) is 4. The molecule has 3 rings (SSSR count). The fraction of sp³-hybridized carbons (Fsp3) is 0.588. The van der Waals surface area contributed by atoms with E-state index in [1.807, 2.05) is 6.07 Å². The largest absolute Gasteiger partial charge is 0.386 e. The lowest BCUT2D eigenvalue weighted by Gasteiger charge is -2.24. The molecule has 0 radical (unpaired) electrons. The van der Waals surface area contributed by atoms with Crippen LogP contribution in [-0.4, -0.2) is 20.1 Å². The van der Waals surface area contributed by atoms with E-state index in [1.165, 1.54) is 44.7 Å². The SMILES string of the molecule is CNS(=O)(=O)c1ccc(CC2CCCCC2)c([C@@H]2CC(Br)=NO2)c1. The molecule has 1 heterocycles. The minimum Gasteiger partial charge on any atom is -0.386 e. The van der Waals surface area contributed by atoms with Gasteiger partial charge < -0.3 is 4.84 Å². The maximum Gasteiger partial charge on any atom is 0.240 e. The predicted octanol–water partition coefficient (Wildman–Crippen LogP) is 3.89. The Hall–Kier alpha value is -0.920. The normalized spacial score (nSPS) is 22.2. The lowest BCUT2D eigenvalue weighted by atomic mass is 9.83. The van der Waals surface area contributed by atoms with Crippen molar-refractivity contribution in [2.24, 2.45) is 11.1 Å². The number of benzene rings is 1. The van der Waals surface area contributed by atoms with Gasteiger partial charge in [-0.1, -0.05) is 43.3 Å². The topological polar surface area (TPSA) is 67.8 Å². The van der Waals surface area contributed by atoms with E-state index in [-0.39, 0.29) is 11.0 Å². The monoisotopic (exact) mass is 414 g/mol. The van der Waals surface area contributed by atoms with Crippen molar-refractivity contribution in [1.29, 1.82) is 0 Å². The van der Waals surface area contributed by atoms with E-state index < -0.39 is 10.0 Å². The number of halogens is 1. The van der Waals surface area contributed by atoms with Crippen molar-refractivity contribution < 1.29 is 13.3 Å². The Morgan fingerprint density at radius 3 is 2.67 bits per heavy atom. The van der Waals surface area contributed by atoms with Crippen LogP contribution in [0.1, 0.15) is 55.8 Å². The molecule has 0 saturated heterocycles. The predicted molar refractivity (Wildman–Crippen MR) is 97.8 cm³/mol. The van der Waals surface area contributed by atoms with Gasteiger partial charge in [-0.2, -0.15) is 0 Å². The van der Waals surface area contributed by atoms with E-state index in [4.69, 9.17) is 4.84 Å². The van der Waals surface area contributed by atoms with Crippen molar-refractivity contribution in [3.8, 4) is 0 Å². The maximum atomic E-state index is 12.1. The van der Waals surface area contributed by atoms with Crippen LogP contribution in [0.15, 0.2) is 28.3 Å². The fourth-order valence-electron chi connectivity index (χ4n) is 3.56. The van der Waals surface area contributed by atoms with Gasteiger partial charge in [-0.05, 0) is 53.0 Å². The van der Waals surface area contributed by atoms with Gasteiger partial charge in [0.05, 0.1) is 4.90 Å². The summed E-state index contributed by atoms with van der Waals surface area (Å²) in [6, 6.07) is 5.39. The van der Waals surface area contributed by atoms with Gasteiger partial charge >= 0.3 is 0 Å². The van der Waals surface area contributed by atoms with Crippen LogP contribution in [0.25, 0.3) is 0 Å². The Kier molecular flexibility index (Phi) is 5.62. The number of hydrogen-bond donors (Lipinski definition) is 1. The molecule has 1 aliphatic carbocycles. The molecular formula is C17H23BrN2O3S. The summed E-state index contributed by atoms with van der Waals surface area (Å²) in [6.45, 7) is 0. The second-order valence-electron chi connectivity index (χ2n) is 6.54. The van der Waals surface area contributed by atoms with Gasteiger partial charge in [0.1, 0.15) is 4.62 Å². The van der Waals surface area contributed by atoms with Gasteiger partial charge in [-0.15, -0.1) is 0 Å². The first-order valence-corrected chi connectivity index (χ1v) is 10.7. The summed E-state index contributed by atoms with van der Waals surface area (Å²) in [5.74, 6) is 0.676. The van der Waals surface area contributed by atoms with Crippen LogP contribution in [-0.2, 0) is 21.3 Å². The van der Waals surface area contributed by atoms with E-state index in [0.29, 0.717) is 12.3 Å². The van der Waals surface area contributed by atoms with Crippen molar-refractivity contribution in [3.05, 3.63) is 29.3 Å². The molecular weight excluding hydrogens is 392 g/mol. The summed E-state index contributed by atoms with van der Waals surface area (Å²) in [5.41, 5.74) is 2.12. The average molecular weight is 415 g/mol. The zero-order valence-electron chi connectivity index (χ0n) is 13.8. The molecule has 1 fully saturated rings. The molecule has 7 heteroatoms. The van der Waals surface area contributed by atoms with E-state index in [2.05, 4.69) is 25.8 Å². The van der Waals surface area contributed by atoms with Gasteiger partial charge in [-0.3, -0.25) is 0 Å². The van der Waals surface area contributed by atoms with Crippen molar-refractivity contribution >= 4 is 30.6 Å². The van der Waals surface area contributed by atoms with Crippen LogP contribution in [0.3, 0.4) is 0 Å². The zero-order valence-corrected chi connectivity index (χ0v) is 16.2. The van der Waals surface area contributed by atoms with Crippen LogP contribution in [0.2, 0.25) is 0 Å². The fourth-order valence-corrected chi connectivity index (χ4v) is 4.70. The highest BCUT2D eigenvalue weighted by molar-refractivity contribution is 9.18. The molecule has 0 amide bonds. The average Bonchev–Trinajstić information content (AvgIpc) is 3.02. The molecule has 1 aliphatic heterocycles. The molecule has 132 valence electrons. The first kappa shape index (κ1) is 17.9. The molecule has 2 aliphatic rings. The number of nitrogens with one attached hydrogen (secondary N) is 1. The molecule has 1 aromatic rings. The first-order valence-electron chi connectivity index (χ1n) is 8.44. The second kappa shape index (κ2) is 7.54. The molecule has 1 aromatic carbocycles. The van der Waals surface area contributed by atoms with E-state index in [0.717, 1.165) is 16.6 Å². The standard InChI is InChI=1S/C17H23BrN2O3S/c1-19-24(21,22)14-8-7-13(9-12-5-3-2-4-6-12)15(10-14)16-11-17(18)20-23-16/h7-8,10,12,16,19H,2-6,9,11H2,1H3/t16-/m0/s1. The van der Waals surface area contributed by atoms with Gasteiger partial charge in [0.25, 0.3) is 0 Å². The van der Waals surface area contributed by atoms with Gasteiger partial charge in [0.2, 0.25) is 10.0 Å². The number of nitrogens with zero attached hydrogens (tertiary/aromatic N) is 1. The van der Waals surface area contributed by atoms with Crippen LogP contribution in [0.4, 0.5) is 0 Å². The molecule has 0 unspecified atom stereocenters. The van der Waals surface area contributed by atoms with Gasteiger partial charge in [0.15, 0.2) is 6.10 Å². The van der Waals surface area contributed by atoms with Crippen LogP contribution >= 0.6 is 15.9 Å². The highest BCUT2D eigenvalue weighted by Gasteiger charge is 2.27. The van der Waals surface area contributed by atoms with Crippen LogP contribution < -0.4 is 4.72 Å². The molecule has 0 aromatic heterocycles. The smallest absolute Gasteiger partial charge is 0.240 e. The van der Waals surface area contributed by atoms with Crippen molar-refractivity contribution in [3.63, 3.8) is 0 Å². The summed E-state index contributed by atoms with van der Waals surface area (Å²) in [5, 5.41) is 3.96. The van der Waals surface area contributed by atoms with E-state index >= 15 is 0 Å². The Labute approximate surface area is 152 Å². The Bertz CT molecular complexity index is 727. The van der Waals surface area contributed by atoms with Gasteiger partial charge in [0, 0.05) is 12.0 Å². The second-order valence-corrected chi connectivity index (χ2v) is 9.34. The summed E-state index contributed by atoms with van der Waals surface area (Å²) < 4.78 is 27.4. The number of rotatable bonds is 5. The lowest BCUT2D eigenvalue weighted by Crippen LogP contribution is -2.19. The minimum atomic E-state index is -3.47. The van der Waals surface area contributed by atoms with Crippen LogP contribution in [0.5, 0.6) is 0 Å². The third kappa shape index (κ3) is 4.00. The highest BCUT2D eigenvalue weighted by Crippen LogP contribution is 2.35. The third-order valence-corrected chi connectivity index (χ3v) is 6.79. The van der Waals surface area contributed by atoms with Crippen LogP contribution in [0, 0.1) is 5.92 Å². The summed E-state index contributed by atoms with van der Waals surface area (Å²) in [4.78, 5) is 5.79. The molecule has 24 heavy (non-hydrogen) atoms. The lowest BCUT2D eigenvalue weighted by molar-refractivity contribution is 0.0847. The van der Waals surface area contributed by atoms with E-state index in [1.54, 1.807) is 12.1 Å². The Balaban J connectivity index is 1.91. The molecule has 0 spiro atoms. The van der Waals surface area contributed by atoms with E-state index in [9.17, 15) is 8.42 Å². The number of sulfonamides is 1. The maximum absolute atomic E-state index is 12.1. The summed E-state index contributed by atoms with van der Waals surface area (Å²) >= 11 is 3.37. The molecule has 5 nitrogen and oxygen atoms in total. The highest BCUT2D eigenvalue weighted by atomic mass is 79.9. The quantitative estimate of drug-likeness (QED) is 0.794. The molecule has 1 saturated carbocycles.